The van der Waals surface area contributed by atoms with Crippen LogP contribution < -0.4 is 0 Å². The van der Waals surface area contributed by atoms with Gasteiger partial charge < -0.3 is 14.8 Å². The molecule has 1 unspecified atom stereocenters. The highest BCUT2D eigenvalue weighted by molar-refractivity contribution is 5.83. The summed E-state index contributed by atoms with van der Waals surface area (Å²) in [4.78, 5) is 29.9. The van der Waals surface area contributed by atoms with E-state index >= 15 is 0 Å². The van der Waals surface area contributed by atoms with Crippen LogP contribution in [0, 0.1) is 0 Å². The minimum absolute atomic E-state index is 0.0918. The average Bonchev–Trinajstić information content (AvgIpc) is 3.29. The van der Waals surface area contributed by atoms with Crippen molar-refractivity contribution in [3.63, 3.8) is 0 Å². The first-order chi connectivity index (χ1) is 15.2. The Bertz CT molecular complexity index is 1200. The predicted octanol–water partition coefficient (Wildman–Crippen LogP) is 3.68. The van der Waals surface area contributed by atoms with Crippen molar-refractivity contribution in [1.29, 1.82) is 0 Å². The maximum atomic E-state index is 13.1. The van der Waals surface area contributed by atoms with Crippen molar-refractivity contribution < 1.29 is 4.79 Å². The van der Waals surface area contributed by atoms with Crippen molar-refractivity contribution in [3.8, 4) is 11.3 Å². The molecule has 31 heavy (non-hydrogen) atoms. The quantitative estimate of drug-likeness (QED) is 0.556. The lowest BCUT2D eigenvalue weighted by Gasteiger charge is -2.39. The maximum Gasteiger partial charge on any atom is 0.227 e. The molecule has 6 heteroatoms. The van der Waals surface area contributed by atoms with E-state index in [0.29, 0.717) is 13.0 Å². The SMILES string of the molecule is CN1CCN(C(=O)Cc2ccccc2)C(c2ncc(-c3ccc4ncccc4c3)[nH]2)C1. The smallest absolute Gasteiger partial charge is 0.227 e. The summed E-state index contributed by atoms with van der Waals surface area (Å²) in [6.45, 7) is 2.32. The summed E-state index contributed by atoms with van der Waals surface area (Å²) in [7, 11) is 2.09. The number of pyridine rings is 1. The number of amides is 1. The van der Waals surface area contributed by atoms with Crippen LogP contribution in [-0.2, 0) is 11.2 Å². The van der Waals surface area contributed by atoms with Gasteiger partial charge in [-0.25, -0.2) is 4.98 Å². The normalized spacial score (nSPS) is 17.2. The molecular formula is C25H25N5O. The molecule has 2 aromatic heterocycles. The Morgan fingerprint density at radius 3 is 2.81 bits per heavy atom. The van der Waals surface area contributed by atoms with Gasteiger partial charge in [-0.05, 0) is 30.8 Å². The molecule has 5 rings (SSSR count). The van der Waals surface area contributed by atoms with Gasteiger partial charge in [0.2, 0.25) is 5.91 Å². The van der Waals surface area contributed by atoms with Crippen molar-refractivity contribution in [2.24, 2.45) is 0 Å². The number of nitrogens with zero attached hydrogens (tertiary/aromatic N) is 4. The Kier molecular flexibility index (Phi) is 5.22. The van der Waals surface area contributed by atoms with Crippen LogP contribution in [0.4, 0.5) is 0 Å². The molecule has 156 valence electrons. The third-order valence-electron chi connectivity index (χ3n) is 5.93. The number of rotatable bonds is 4. The molecule has 0 bridgehead atoms. The van der Waals surface area contributed by atoms with E-state index in [2.05, 4.69) is 45.1 Å². The fourth-order valence-corrected chi connectivity index (χ4v) is 4.22. The Morgan fingerprint density at radius 2 is 1.94 bits per heavy atom. The summed E-state index contributed by atoms with van der Waals surface area (Å²) in [6.07, 6.45) is 4.07. The highest BCUT2D eigenvalue weighted by atomic mass is 16.2. The highest BCUT2D eigenvalue weighted by Crippen LogP contribution is 2.27. The Balaban J connectivity index is 1.41. The first kappa shape index (κ1) is 19.5. The molecule has 1 saturated heterocycles. The minimum atomic E-state index is -0.0918. The van der Waals surface area contributed by atoms with Crippen LogP contribution in [0.15, 0.2) is 73.1 Å². The molecule has 1 fully saturated rings. The molecular weight excluding hydrogens is 386 g/mol. The van der Waals surface area contributed by atoms with E-state index in [4.69, 9.17) is 0 Å². The number of piperazine rings is 1. The van der Waals surface area contributed by atoms with E-state index in [1.807, 2.05) is 53.6 Å². The van der Waals surface area contributed by atoms with Crippen molar-refractivity contribution in [3.05, 3.63) is 84.4 Å². The molecule has 0 spiro atoms. The number of nitrogens with one attached hydrogen (secondary N) is 1. The average molecular weight is 412 g/mol. The van der Waals surface area contributed by atoms with Gasteiger partial charge in [0.25, 0.3) is 0 Å². The number of carbonyl (C=O) groups is 1. The third-order valence-corrected chi connectivity index (χ3v) is 5.93. The molecule has 1 aliphatic rings. The molecule has 1 amide bonds. The molecule has 3 heterocycles. The fraction of sp³-hybridized carbons (Fsp3) is 0.240. The van der Waals surface area contributed by atoms with Gasteiger partial charge in [-0.3, -0.25) is 9.78 Å². The van der Waals surface area contributed by atoms with E-state index in [1.54, 1.807) is 6.20 Å². The van der Waals surface area contributed by atoms with Gasteiger partial charge >= 0.3 is 0 Å². The number of aromatic nitrogens is 3. The number of likely N-dealkylation sites (N-methyl/N-ethyl adjacent to an activating group) is 1. The number of hydrogen-bond donors (Lipinski definition) is 1. The first-order valence-electron chi connectivity index (χ1n) is 10.6. The minimum Gasteiger partial charge on any atom is -0.340 e. The topological polar surface area (TPSA) is 65.1 Å². The molecule has 0 aliphatic carbocycles. The Hall–Kier alpha value is -3.51. The molecule has 2 aromatic carbocycles. The van der Waals surface area contributed by atoms with Crippen LogP contribution >= 0.6 is 0 Å². The first-order valence-corrected chi connectivity index (χ1v) is 10.6. The van der Waals surface area contributed by atoms with Gasteiger partial charge in [-0.1, -0.05) is 42.5 Å². The third kappa shape index (κ3) is 4.07. The summed E-state index contributed by atoms with van der Waals surface area (Å²) in [5.41, 5.74) is 4.02. The number of H-pyrrole nitrogens is 1. The highest BCUT2D eigenvalue weighted by Gasteiger charge is 2.32. The summed E-state index contributed by atoms with van der Waals surface area (Å²) >= 11 is 0. The molecule has 0 saturated carbocycles. The van der Waals surface area contributed by atoms with Crippen LogP contribution in [-0.4, -0.2) is 57.3 Å². The summed E-state index contributed by atoms with van der Waals surface area (Å²) < 4.78 is 0. The van der Waals surface area contributed by atoms with Gasteiger partial charge in [0.1, 0.15) is 11.9 Å². The molecule has 4 aromatic rings. The standard InChI is InChI=1S/C25H25N5O/c1-29-12-13-30(24(31)14-18-6-3-2-4-7-18)23(17-29)25-27-16-22(28-25)20-9-10-21-19(15-20)8-5-11-26-21/h2-11,15-16,23H,12-14,17H2,1H3,(H,27,28). The number of fused-ring (bicyclic) bond motifs is 1. The lowest BCUT2D eigenvalue weighted by atomic mass is 10.1. The van der Waals surface area contributed by atoms with Gasteiger partial charge in [0.15, 0.2) is 0 Å². The molecule has 1 N–H and O–H groups in total. The van der Waals surface area contributed by atoms with Crippen molar-refractivity contribution >= 4 is 16.8 Å². The van der Waals surface area contributed by atoms with Crippen molar-refractivity contribution in [2.75, 3.05) is 26.7 Å². The zero-order valence-corrected chi connectivity index (χ0v) is 17.5. The lowest BCUT2D eigenvalue weighted by molar-refractivity contribution is -0.135. The molecule has 6 nitrogen and oxygen atoms in total. The number of imidazole rings is 1. The maximum absolute atomic E-state index is 13.1. The number of hydrogen-bond acceptors (Lipinski definition) is 4. The summed E-state index contributed by atoms with van der Waals surface area (Å²) in [5, 5.41) is 1.09. The van der Waals surface area contributed by atoms with Crippen LogP contribution in [0.2, 0.25) is 0 Å². The Morgan fingerprint density at radius 1 is 1.06 bits per heavy atom. The summed E-state index contributed by atoms with van der Waals surface area (Å²) in [6, 6.07) is 20.0. The number of benzene rings is 2. The van der Waals surface area contributed by atoms with E-state index < -0.39 is 0 Å². The second-order valence-corrected chi connectivity index (χ2v) is 8.12. The van der Waals surface area contributed by atoms with Crippen molar-refractivity contribution in [1.82, 2.24) is 24.8 Å². The monoisotopic (exact) mass is 411 g/mol. The summed E-state index contributed by atoms with van der Waals surface area (Å²) in [5.74, 6) is 0.966. The van der Waals surface area contributed by atoms with E-state index in [-0.39, 0.29) is 11.9 Å². The second kappa shape index (κ2) is 8.32. The molecule has 1 atom stereocenters. The van der Waals surface area contributed by atoms with Gasteiger partial charge in [-0.15, -0.1) is 0 Å². The van der Waals surface area contributed by atoms with E-state index in [1.165, 1.54) is 0 Å². The van der Waals surface area contributed by atoms with Crippen molar-refractivity contribution in [2.45, 2.75) is 12.5 Å². The van der Waals surface area contributed by atoms with Crippen LogP contribution in [0.3, 0.4) is 0 Å². The molecule has 1 aliphatic heterocycles. The lowest BCUT2D eigenvalue weighted by Crippen LogP contribution is -2.50. The van der Waals surface area contributed by atoms with Gasteiger partial charge in [-0.2, -0.15) is 0 Å². The largest absolute Gasteiger partial charge is 0.340 e. The van der Waals surface area contributed by atoms with Gasteiger partial charge in [0, 0.05) is 36.8 Å². The van der Waals surface area contributed by atoms with Crippen LogP contribution in [0.25, 0.3) is 22.2 Å². The van der Waals surface area contributed by atoms with Crippen LogP contribution in [0.5, 0.6) is 0 Å². The van der Waals surface area contributed by atoms with Crippen LogP contribution in [0.1, 0.15) is 17.4 Å². The molecule has 0 radical (unpaired) electrons. The van der Waals surface area contributed by atoms with Gasteiger partial charge in [0.05, 0.1) is 23.8 Å². The van der Waals surface area contributed by atoms with E-state index in [9.17, 15) is 4.79 Å². The predicted molar refractivity (Wildman–Crippen MR) is 121 cm³/mol. The number of aromatic amines is 1. The van der Waals surface area contributed by atoms with E-state index in [0.717, 1.165) is 46.6 Å². The zero-order valence-electron chi connectivity index (χ0n) is 17.5. The second-order valence-electron chi connectivity index (χ2n) is 8.12. The Labute approximate surface area is 181 Å². The zero-order chi connectivity index (χ0) is 21.2. The fourth-order valence-electron chi connectivity index (χ4n) is 4.22. The number of carbonyl (C=O) groups excluding carboxylic acids is 1.